The van der Waals surface area contributed by atoms with Crippen molar-refractivity contribution in [2.45, 2.75) is 52.2 Å². The number of aromatic nitrogens is 1. The molecule has 0 amide bonds. The number of hydrogen-bond donors (Lipinski definition) is 1. The number of hydrogen-bond acceptors (Lipinski definition) is 3. The van der Waals surface area contributed by atoms with Gasteiger partial charge in [0.15, 0.2) is 0 Å². The van der Waals surface area contributed by atoms with Crippen molar-refractivity contribution in [3.8, 4) is 5.75 Å². The van der Waals surface area contributed by atoms with Gasteiger partial charge in [0, 0.05) is 17.1 Å². The van der Waals surface area contributed by atoms with E-state index in [4.69, 9.17) is 4.74 Å². The van der Waals surface area contributed by atoms with Crippen LogP contribution in [0.15, 0.2) is 30.3 Å². The monoisotopic (exact) mass is 286 g/mol. The second-order valence-corrected chi connectivity index (χ2v) is 5.53. The van der Waals surface area contributed by atoms with E-state index < -0.39 is 0 Å². The quantitative estimate of drug-likeness (QED) is 0.832. The van der Waals surface area contributed by atoms with Gasteiger partial charge in [0.1, 0.15) is 17.4 Å². The van der Waals surface area contributed by atoms with Gasteiger partial charge in [-0.1, -0.05) is 38.5 Å². The van der Waals surface area contributed by atoms with Gasteiger partial charge in [-0.15, -0.1) is 0 Å². The van der Waals surface area contributed by atoms with Crippen molar-refractivity contribution in [1.29, 1.82) is 0 Å². The molecule has 0 saturated carbocycles. The lowest BCUT2D eigenvalue weighted by Gasteiger charge is -2.27. The summed E-state index contributed by atoms with van der Waals surface area (Å²) < 4.78 is 6.31. The van der Waals surface area contributed by atoms with Crippen molar-refractivity contribution in [3.05, 3.63) is 36.0 Å². The first-order valence-electron chi connectivity index (χ1n) is 7.89. The highest BCUT2D eigenvalue weighted by atomic mass is 16.5. The average Bonchev–Trinajstić information content (AvgIpc) is 2.51. The smallest absolute Gasteiger partial charge is 0.146 e. The number of ether oxygens (including phenoxy) is 1. The van der Waals surface area contributed by atoms with E-state index in [0.29, 0.717) is 6.04 Å². The minimum atomic E-state index is 0.169. The summed E-state index contributed by atoms with van der Waals surface area (Å²) in [6, 6.07) is 10.7. The van der Waals surface area contributed by atoms with Crippen molar-refractivity contribution >= 4 is 10.9 Å². The summed E-state index contributed by atoms with van der Waals surface area (Å²) in [6.45, 7) is 6.40. The van der Waals surface area contributed by atoms with E-state index in [2.05, 4.69) is 36.3 Å². The molecular weight excluding hydrogens is 260 g/mol. The molecule has 1 aromatic heterocycles. The summed E-state index contributed by atoms with van der Waals surface area (Å²) in [4.78, 5) is 4.65. The number of rotatable bonds is 7. The first-order valence-corrected chi connectivity index (χ1v) is 7.89. The van der Waals surface area contributed by atoms with Gasteiger partial charge < -0.3 is 10.1 Å². The highest BCUT2D eigenvalue weighted by Crippen LogP contribution is 2.26. The van der Waals surface area contributed by atoms with Crippen molar-refractivity contribution in [1.82, 2.24) is 10.3 Å². The molecule has 0 spiro atoms. The normalized spacial score (nSPS) is 14.1. The lowest BCUT2D eigenvalue weighted by atomic mass is 10.0. The molecule has 0 bridgehead atoms. The molecule has 1 N–H and O–H groups in total. The van der Waals surface area contributed by atoms with E-state index in [-0.39, 0.29) is 6.10 Å². The number of likely N-dealkylation sites (N-methyl/N-ethyl adjacent to an activating group) is 1. The van der Waals surface area contributed by atoms with Crippen LogP contribution in [0.2, 0.25) is 0 Å². The maximum atomic E-state index is 6.31. The number of nitrogens with one attached hydrogen (secondary N) is 1. The van der Waals surface area contributed by atoms with Crippen LogP contribution in [0.25, 0.3) is 10.9 Å². The minimum absolute atomic E-state index is 0.169. The highest BCUT2D eigenvalue weighted by Gasteiger charge is 2.20. The molecular formula is C18H26N2O. The third-order valence-corrected chi connectivity index (χ3v) is 3.92. The lowest BCUT2D eigenvalue weighted by molar-refractivity contribution is 0.148. The Kier molecular flexibility index (Phi) is 5.57. The van der Waals surface area contributed by atoms with Crippen LogP contribution < -0.4 is 10.1 Å². The van der Waals surface area contributed by atoms with Crippen LogP contribution in [0.4, 0.5) is 0 Å². The summed E-state index contributed by atoms with van der Waals surface area (Å²) in [5.74, 6) is 0.888. The molecule has 2 aromatic rings. The maximum absolute atomic E-state index is 6.31. The molecule has 3 heteroatoms. The van der Waals surface area contributed by atoms with Crippen LogP contribution in [-0.2, 0) is 0 Å². The molecule has 0 radical (unpaired) electrons. The van der Waals surface area contributed by atoms with E-state index in [1.807, 2.05) is 32.2 Å². The second kappa shape index (κ2) is 7.41. The Morgan fingerprint density at radius 1 is 1.19 bits per heavy atom. The fourth-order valence-electron chi connectivity index (χ4n) is 2.75. The van der Waals surface area contributed by atoms with Gasteiger partial charge in [0.2, 0.25) is 0 Å². The number of pyridine rings is 1. The molecule has 1 aromatic carbocycles. The number of aryl methyl sites for hydroxylation is 1. The van der Waals surface area contributed by atoms with Crippen molar-refractivity contribution < 1.29 is 4.74 Å². The molecule has 2 unspecified atom stereocenters. The molecule has 0 aliphatic heterocycles. The highest BCUT2D eigenvalue weighted by molar-refractivity contribution is 5.84. The SMILES string of the molecule is CCCC(NC)C(CC)Oc1cccc2ccc(C)nc12. The zero-order chi connectivity index (χ0) is 15.2. The Morgan fingerprint density at radius 2 is 2.00 bits per heavy atom. The standard InChI is InChI=1S/C18H26N2O/c1-5-8-15(19-4)16(6-2)21-17-10-7-9-14-12-11-13(3)20-18(14)17/h7,9-12,15-16,19H,5-6,8H2,1-4H3. The van der Waals surface area contributed by atoms with E-state index >= 15 is 0 Å². The second-order valence-electron chi connectivity index (χ2n) is 5.53. The Hall–Kier alpha value is -1.61. The molecule has 0 aliphatic rings. The number of fused-ring (bicyclic) bond motifs is 1. The molecule has 0 fully saturated rings. The Bertz CT molecular complexity index is 582. The Morgan fingerprint density at radius 3 is 2.67 bits per heavy atom. The van der Waals surface area contributed by atoms with Crippen molar-refractivity contribution in [2.75, 3.05) is 7.05 Å². The summed E-state index contributed by atoms with van der Waals surface area (Å²) in [6.07, 6.45) is 3.42. The third-order valence-electron chi connectivity index (χ3n) is 3.92. The van der Waals surface area contributed by atoms with Gasteiger partial charge in [-0.25, -0.2) is 4.98 Å². The summed E-state index contributed by atoms with van der Waals surface area (Å²) in [5, 5.41) is 4.52. The largest absolute Gasteiger partial charge is 0.487 e. The topological polar surface area (TPSA) is 34.1 Å². The predicted octanol–water partition coefficient (Wildman–Crippen LogP) is 4.09. The predicted molar refractivity (Wildman–Crippen MR) is 88.9 cm³/mol. The molecule has 21 heavy (non-hydrogen) atoms. The first-order chi connectivity index (χ1) is 10.2. The van der Waals surface area contributed by atoms with E-state index in [9.17, 15) is 0 Å². The Labute approximate surface area is 127 Å². The van der Waals surface area contributed by atoms with Gasteiger partial charge in [-0.05, 0) is 38.9 Å². The van der Waals surface area contributed by atoms with Crippen LogP contribution in [0, 0.1) is 6.92 Å². The zero-order valence-corrected chi connectivity index (χ0v) is 13.5. The lowest BCUT2D eigenvalue weighted by Crippen LogP contribution is -2.40. The van der Waals surface area contributed by atoms with Gasteiger partial charge in [-0.3, -0.25) is 0 Å². The van der Waals surface area contributed by atoms with Crippen LogP contribution >= 0.6 is 0 Å². The number of nitrogens with zero attached hydrogens (tertiary/aromatic N) is 1. The van der Waals surface area contributed by atoms with E-state index in [1.165, 1.54) is 0 Å². The molecule has 3 nitrogen and oxygen atoms in total. The van der Waals surface area contributed by atoms with Crippen LogP contribution in [0.3, 0.4) is 0 Å². The molecule has 0 aliphatic carbocycles. The summed E-state index contributed by atoms with van der Waals surface area (Å²) in [7, 11) is 2.01. The van der Waals surface area contributed by atoms with Gasteiger partial charge in [0.25, 0.3) is 0 Å². The minimum Gasteiger partial charge on any atom is -0.487 e. The number of benzene rings is 1. The van der Waals surface area contributed by atoms with Crippen LogP contribution in [0.1, 0.15) is 38.8 Å². The zero-order valence-electron chi connectivity index (χ0n) is 13.5. The summed E-state index contributed by atoms with van der Waals surface area (Å²) >= 11 is 0. The average molecular weight is 286 g/mol. The van der Waals surface area contributed by atoms with Crippen molar-refractivity contribution in [2.24, 2.45) is 0 Å². The molecule has 0 saturated heterocycles. The maximum Gasteiger partial charge on any atom is 0.146 e. The van der Waals surface area contributed by atoms with E-state index in [0.717, 1.165) is 41.6 Å². The molecule has 2 rings (SSSR count). The van der Waals surface area contributed by atoms with E-state index in [1.54, 1.807) is 0 Å². The van der Waals surface area contributed by atoms with Crippen LogP contribution in [0.5, 0.6) is 5.75 Å². The van der Waals surface area contributed by atoms with Gasteiger partial charge in [-0.2, -0.15) is 0 Å². The molecule has 2 atom stereocenters. The summed E-state index contributed by atoms with van der Waals surface area (Å²) in [5.41, 5.74) is 1.98. The fraction of sp³-hybridized carbons (Fsp3) is 0.500. The van der Waals surface area contributed by atoms with Gasteiger partial charge >= 0.3 is 0 Å². The van der Waals surface area contributed by atoms with Gasteiger partial charge in [0.05, 0.1) is 0 Å². The molecule has 1 heterocycles. The Balaban J connectivity index is 2.30. The third kappa shape index (κ3) is 3.73. The fourth-order valence-corrected chi connectivity index (χ4v) is 2.75. The first kappa shape index (κ1) is 15.8. The number of para-hydroxylation sites is 1. The van der Waals surface area contributed by atoms with Crippen molar-refractivity contribution in [3.63, 3.8) is 0 Å². The van der Waals surface area contributed by atoms with Crippen LogP contribution in [-0.4, -0.2) is 24.2 Å². The molecule has 114 valence electrons.